The molecule has 7 heteroatoms. The van der Waals surface area contributed by atoms with E-state index in [-0.39, 0.29) is 23.5 Å². The van der Waals surface area contributed by atoms with Crippen molar-refractivity contribution in [3.63, 3.8) is 0 Å². The molecule has 1 saturated carbocycles. The number of hydrogen-bond acceptors (Lipinski definition) is 5. The lowest BCUT2D eigenvalue weighted by atomic mass is 9.72. The predicted molar refractivity (Wildman–Crippen MR) is 209 cm³/mol. The molecule has 0 spiro atoms. The smallest absolute Gasteiger partial charge is 0.123 e. The molecule has 51 heavy (non-hydrogen) atoms. The van der Waals surface area contributed by atoms with E-state index in [0.717, 1.165) is 53.1 Å². The van der Waals surface area contributed by atoms with Gasteiger partial charge in [0.25, 0.3) is 0 Å². The number of aliphatic hydroxyl groups is 2. The third kappa shape index (κ3) is 12.1. The van der Waals surface area contributed by atoms with E-state index < -0.39 is 11.2 Å². The minimum atomic E-state index is -1.15. The second-order valence-corrected chi connectivity index (χ2v) is 15.2. The lowest BCUT2D eigenvalue weighted by molar-refractivity contribution is -0.0109. The zero-order valence-corrected chi connectivity index (χ0v) is 32.4. The van der Waals surface area contributed by atoms with Crippen LogP contribution in [0.2, 0.25) is 0 Å². The minimum absolute atomic E-state index is 0.0532. The highest BCUT2D eigenvalue weighted by Gasteiger charge is 2.39. The van der Waals surface area contributed by atoms with Crippen LogP contribution in [0.25, 0.3) is 12.2 Å². The summed E-state index contributed by atoms with van der Waals surface area (Å²) in [7, 11) is 9.70. The molecule has 0 radical (unpaired) electrons. The highest BCUT2D eigenvalue weighted by molar-refractivity contribution is 5.57. The van der Waals surface area contributed by atoms with Crippen molar-refractivity contribution >= 4 is 12.2 Å². The van der Waals surface area contributed by atoms with Crippen molar-refractivity contribution in [2.45, 2.75) is 77.4 Å². The first-order valence-electron chi connectivity index (χ1n) is 18.4. The van der Waals surface area contributed by atoms with Crippen LogP contribution in [0.1, 0.15) is 82.9 Å². The van der Waals surface area contributed by atoms with Gasteiger partial charge in [-0.25, -0.2) is 8.78 Å². The number of nitrogens with zero attached hydrogens (tertiary/aromatic N) is 2. The van der Waals surface area contributed by atoms with Crippen molar-refractivity contribution in [3.8, 4) is 5.75 Å². The van der Waals surface area contributed by atoms with Gasteiger partial charge in [-0.3, -0.25) is 0 Å². The van der Waals surface area contributed by atoms with Gasteiger partial charge < -0.3 is 24.7 Å². The standard InChI is InChI=1S/C22H28FNO2.C22H34FNO/c1-16(14-18-6-10-20(23)11-7-18)22(25,17(2)15-24(3)4)19-8-12-21(26-5)13-9-19;1-17(14-19-10-12-21(23)13-11-19)22(25,18(2)16-24(3)4)15-20-8-6-5-7-9-20/h6-14,17,25H,15H2,1-5H3;10-14,18,20,25H,5-9,15-16H2,1-4H3. The largest absolute Gasteiger partial charge is 0.497 e. The summed E-state index contributed by atoms with van der Waals surface area (Å²) >= 11 is 0. The Balaban J connectivity index is 0.000000276. The van der Waals surface area contributed by atoms with Gasteiger partial charge in [0, 0.05) is 24.9 Å². The highest BCUT2D eigenvalue weighted by Crippen LogP contribution is 2.40. The van der Waals surface area contributed by atoms with E-state index in [0.29, 0.717) is 5.92 Å². The summed E-state index contributed by atoms with van der Waals surface area (Å²) in [5.74, 6) is 0.930. The van der Waals surface area contributed by atoms with Gasteiger partial charge in [-0.2, -0.15) is 0 Å². The third-order valence-electron chi connectivity index (χ3n) is 10.5. The Morgan fingerprint density at radius 1 is 0.725 bits per heavy atom. The quantitative estimate of drug-likeness (QED) is 0.175. The Morgan fingerprint density at radius 2 is 1.18 bits per heavy atom. The predicted octanol–water partition coefficient (Wildman–Crippen LogP) is 9.45. The summed E-state index contributed by atoms with van der Waals surface area (Å²) in [6.45, 7) is 9.68. The molecule has 4 rings (SSSR count). The van der Waals surface area contributed by atoms with E-state index in [9.17, 15) is 19.0 Å². The highest BCUT2D eigenvalue weighted by atomic mass is 19.1. The van der Waals surface area contributed by atoms with Crippen molar-refractivity contribution in [2.24, 2.45) is 17.8 Å². The number of ether oxygens (including phenoxy) is 1. The van der Waals surface area contributed by atoms with Crippen LogP contribution in [-0.2, 0) is 5.60 Å². The number of halogens is 2. The molecule has 3 aromatic rings. The van der Waals surface area contributed by atoms with E-state index in [4.69, 9.17) is 4.74 Å². The minimum Gasteiger partial charge on any atom is -0.497 e. The molecule has 4 atom stereocenters. The van der Waals surface area contributed by atoms with Gasteiger partial charge in [0.2, 0.25) is 0 Å². The van der Waals surface area contributed by atoms with Gasteiger partial charge in [-0.15, -0.1) is 0 Å². The zero-order chi connectivity index (χ0) is 37.8. The van der Waals surface area contributed by atoms with Crippen LogP contribution in [0.4, 0.5) is 8.78 Å². The van der Waals surface area contributed by atoms with E-state index in [1.807, 2.05) is 71.3 Å². The summed E-state index contributed by atoms with van der Waals surface area (Å²) in [5, 5.41) is 23.4. The Bertz CT molecular complexity index is 1530. The fourth-order valence-electron chi connectivity index (χ4n) is 7.56. The molecule has 0 aromatic heterocycles. The maximum atomic E-state index is 13.2. The van der Waals surface area contributed by atoms with Gasteiger partial charge in [-0.1, -0.05) is 94.5 Å². The third-order valence-corrected chi connectivity index (χ3v) is 10.5. The Labute approximate surface area is 306 Å². The fraction of sp³-hybridized carbons (Fsp3) is 0.500. The van der Waals surface area contributed by atoms with Crippen LogP contribution in [0.15, 0.2) is 83.9 Å². The lowest BCUT2D eigenvalue weighted by Gasteiger charge is -2.40. The molecule has 1 aliphatic carbocycles. The van der Waals surface area contributed by atoms with Crippen molar-refractivity contribution in [1.82, 2.24) is 9.80 Å². The van der Waals surface area contributed by atoms with Crippen molar-refractivity contribution in [2.75, 3.05) is 48.4 Å². The summed E-state index contributed by atoms with van der Waals surface area (Å²) in [5.41, 5.74) is 2.43. The summed E-state index contributed by atoms with van der Waals surface area (Å²) < 4.78 is 31.6. The van der Waals surface area contributed by atoms with Gasteiger partial charge in [0.1, 0.15) is 23.0 Å². The monoisotopic (exact) mass is 704 g/mol. The maximum absolute atomic E-state index is 13.2. The van der Waals surface area contributed by atoms with E-state index in [1.54, 1.807) is 31.4 Å². The SMILES string of the molecule is CC(=Cc1ccc(F)cc1)C(O)(CC1CCCCC1)C(C)CN(C)C.COc1ccc(C(O)(C(C)=Cc2ccc(F)cc2)C(C)CN(C)C)cc1. The molecule has 0 bridgehead atoms. The first kappa shape index (κ1) is 42.1. The van der Waals surface area contributed by atoms with Gasteiger partial charge in [-0.05, 0) is 119 Å². The second kappa shape index (κ2) is 19.5. The molecule has 3 aromatic carbocycles. The first-order valence-corrected chi connectivity index (χ1v) is 18.4. The number of methoxy groups -OCH3 is 1. The molecule has 4 unspecified atom stereocenters. The first-order chi connectivity index (χ1) is 24.1. The van der Waals surface area contributed by atoms with Gasteiger partial charge >= 0.3 is 0 Å². The molecule has 1 aliphatic rings. The molecular weight excluding hydrogens is 642 g/mol. The van der Waals surface area contributed by atoms with Crippen molar-refractivity contribution in [1.29, 1.82) is 0 Å². The summed E-state index contributed by atoms with van der Waals surface area (Å²) in [4.78, 5) is 4.20. The average Bonchev–Trinajstić information content (AvgIpc) is 3.10. The summed E-state index contributed by atoms with van der Waals surface area (Å²) in [6, 6.07) is 20.3. The Kier molecular flexibility index (Phi) is 16.1. The van der Waals surface area contributed by atoms with Crippen LogP contribution < -0.4 is 4.74 Å². The molecule has 0 amide bonds. The average molecular weight is 705 g/mol. The summed E-state index contributed by atoms with van der Waals surface area (Å²) in [6.07, 6.45) is 11.1. The molecule has 280 valence electrons. The normalized spacial score (nSPS) is 18.0. The Morgan fingerprint density at radius 3 is 1.63 bits per heavy atom. The Hall–Kier alpha value is -3.36. The molecule has 0 heterocycles. The lowest BCUT2D eigenvalue weighted by Crippen LogP contribution is -2.44. The van der Waals surface area contributed by atoms with Crippen LogP contribution >= 0.6 is 0 Å². The number of benzene rings is 3. The van der Waals surface area contributed by atoms with Crippen LogP contribution in [0.5, 0.6) is 5.75 Å². The van der Waals surface area contributed by atoms with Crippen LogP contribution in [0.3, 0.4) is 0 Å². The van der Waals surface area contributed by atoms with Crippen molar-refractivity contribution < 1.29 is 23.7 Å². The van der Waals surface area contributed by atoms with E-state index >= 15 is 0 Å². The molecule has 2 N–H and O–H groups in total. The van der Waals surface area contributed by atoms with Gasteiger partial charge in [0.05, 0.1) is 12.7 Å². The molecule has 0 saturated heterocycles. The van der Waals surface area contributed by atoms with E-state index in [1.165, 1.54) is 56.4 Å². The number of rotatable bonds is 14. The number of hydrogen-bond donors (Lipinski definition) is 2. The second-order valence-electron chi connectivity index (χ2n) is 15.2. The van der Waals surface area contributed by atoms with E-state index in [2.05, 4.69) is 30.8 Å². The van der Waals surface area contributed by atoms with Crippen LogP contribution in [0, 0.1) is 29.4 Å². The molecule has 0 aliphatic heterocycles. The fourth-order valence-corrected chi connectivity index (χ4v) is 7.56. The molecular formula is C44H62F2N2O3. The maximum Gasteiger partial charge on any atom is 0.123 e. The van der Waals surface area contributed by atoms with Crippen LogP contribution in [-0.4, -0.2) is 74.0 Å². The topological polar surface area (TPSA) is 56.2 Å². The molecule has 1 fully saturated rings. The zero-order valence-electron chi connectivity index (χ0n) is 32.4. The molecule has 5 nitrogen and oxygen atoms in total. The van der Waals surface area contributed by atoms with Gasteiger partial charge in [0.15, 0.2) is 0 Å². The van der Waals surface area contributed by atoms with Crippen molar-refractivity contribution in [3.05, 3.63) is 112 Å².